The molecular weight excluding hydrogens is 378 g/mol. The lowest BCUT2D eigenvalue weighted by Crippen LogP contribution is -2.41. The highest BCUT2D eigenvalue weighted by Crippen LogP contribution is 2.35. The number of amides is 1. The molecule has 2 aromatic rings. The minimum absolute atomic E-state index is 0.213. The number of aromatic nitrogens is 1. The molecule has 7 heteroatoms. The van der Waals surface area contributed by atoms with Gasteiger partial charge < -0.3 is 15.0 Å². The van der Waals surface area contributed by atoms with Crippen molar-refractivity contribution in [1.82, 2.24) is 10.3 Å². The SMILES string of the molecule is CSc1cccc2sc(N3CCC(CC(=O)NC4CCOCC4)CC3)nc12. The van der Waals surface area contributed by atoms with Crippen molar-refractivity contribution in [2.45, 2.75) is 43.0 Å². The van der Waals surface area contributed by atoms with Crippen LogP contribution in [0.4, 0.5) is 5.13 Å². The minimum atomic E-state index is 0.213. The zero-order valence-electron chi connectivity index (χ0n) is 15.8. The highest BCUT2D eigenvalue weighted by molar-refractivity contribution is 7.98. The summed E-state index contributed by atoms with van der Waals surface area (Å²) in [6.45, 7) is 3.51. The summed E-state index contributed by atoms with van der Waals surface area (Å²) in [5.41, 5.74) is 1.13. The first-order valence-electron chi connectivity index (χ1n) is 9.78. The molecule has 3 heterocycles. The lowest BCUT2D eigenvalue weighted by molar-refractivity contribution is -0.123. The summed E-state index contributed by atoms with van der Waals surface area (Å²) in [5, 5.41) is 4.32. The van der Waals surface area contributed by atoms with Gasteiger partial charge in [0.05, 0.1) is 10.2 Å². The van der Waals surface area contributed by atoms with Crippen molar-refractivity contribution in [3.05, 3.63) is 18.2 Å². The van der Waals surface area contributed by atoms with Crippen molar-refractivity contribution in [3.63, 3.8) is 0 Å². The van der Waals surface area contributed by atoms with Gasteiger partial charge in [0.25, 0.3) is 0 Å². The zero-order valence-corrected chi connectivity index (χ0v) is 17.4. The minimum Gasteiger partial charge on any atom is -0.381 e. The number of ether oxygens (including phenoxy) is 1. The van der Waals surface area contributed by atoms with Crippen molar-refractivity contribution >= 4 is 44.4 Å². The molecule has 0 bridgehead atoms. The van der Waals surface area contributed by atoms with Crippen LogP contribution in [0.3, 0.4) is 0 Å². The van der Waals surface area contributed by atoms with Gasteiger partial charge in [-0.05, 0) is 50.0 Å². The molecule has 27 heavy (non-hydrogen) atoms. The van der Waals surface area contributed by atoms with E-state index in [4.69, 9.17) is 9.72 Å². The molecular formula is C20H27N3O2S2. The second kappa shape index (κ2) is 8.80. The van der Waals surface area contributed by atoms with Crippen LogP contribution in [0.15, 0.2) is 23.1 Å². The van der Waals surface area contributed by atoms with Crippen molar-refractivity contribution in [1.29, 1.82) is 0 Å². The molecule has 5 nitrogen and oxygen atoms in total. The van der Waals surface area contributed by atoms with E-state index in [1.807, 2.05) is 0 Å². The number of para-hydroxylation sites is 1. The summed E-state index contributed by atoms with van der Waals surface area (Å²) in [5.74, 6) is 0.696. The number of carbonyl (C=O) groups is 1. The molecule has 2 fully saturated rings. The Kier molecular flexibility index (Phi) is 6.20. The number of nitrogens with zero attached hydrogens (tertiary/aromatic N) is 2. The summed E-state index contributed by atoms with van der Waals surface area (Å²) in [7, 11) is 0. The van der Waals surface area contributed by atoms with Crippen LogP contribution in [0.5, 0.6) is 0 Å². The number of thiazole rings is 1. The molecule has 0 saturated carbocycles. The van der Waals surface area contributed by atoms with Crippen LogP contribution in [0.25, 0.3) is 10.2 Å². The molecule has 2 aliphatic heterocycles. The zero-order chi connectivity index (χ0) is 18.6. The Labute approximate surface area is 168 Å². The number of thioether (sulfide) groups is 1. The fourth-order valence-corrected chi connectivity index (χ4v) is 5.60. The third kappa shape index (κ3) is 4.58. The molecule has 0 spiro atoms. The normalized spacial score (nSPS) is 19.5. The second-order valence-electron chi connectivity index (χ2n) is 7.39. The van der Waals surface area contributed by atoms with Gasteiger partial charge in [-0.1, -0.05) is 17.4 Å². The molecule has 1 amide bonds. The standard InChI is InChI=1S/C20H27N3O2S2/c1-26-16-3-2-4-17-19(16)22-20(27-17)23-9-5-14(6-10-23)13-18(24)21-15-7-11-25-12-8-15/h2-4,14-15H,5-13H2,1H3,(H,21,24). The van der Waals surface area contributed by atoms with E-state index in [1.165, 1.54) is 9.60 Å². The quantitative estimate of drug-likeness (QED) is 0.764. The first-order chi connectivity index (χ1) is 13.2. The number of hydrogen-bond acceptors (Lipinski definition) is 6. The molecule has 0 radical (unpaired) electrons. The molecule has 0 atom stereocenters. The van der Waals surface area contributed by atoms with Crippen LogP contribution in [0.2, 0.25) is 0 Å². The lowest BCUT2D eigenvalue weighted by Gasteiger charge is -2.32. The lowest BCUT2D eigenvalue weighted by atomic mass is 9.93. The van der Waals surface area contributed by atoms with E-state index >= 15 is 0 Å². The number of rotatable bonds is 5. The molecule has 1 N–H and O–H groups in total. The summed E-state index contributed by atoms with van der Waals surface area (Å²) in [6, 6.07) is 6.71. The van der Waals surface area contributed by atoms with Gasteiger partial charge in [0.15, 0.2) is 5.13 Å². The average Bonchev–Trinajstić information content (AvgIpc) is 3.13. The fourth-order valence-electron chi connectivity index (χ4n) is 3.93. The maximum absolute atomic E-state index is 12.3. The number of piperidine rings is 1. The highest BCUT2D eigenvalue weighted by Gasteiger charge is 2.25. The van der Waals surface area contributed by atoms with Crippen LogP contribution in [-0.2, 0) is 9.53 Å². The second-order valence-corrected chi connectivity index (χ2v) is 9.25. The molecule has 2 saturated heterocycles. The number of benzene rings is 1. The van der Waals surface area contributed by atoms with Crippen LogP contribution in [-0.4, -0.2) is 49.5 Å². The van der Waals surface area contributed by atoms with E-state index in [2.05, 4.69) is 34.7 Å². The molecule has 4 rings (SSSR count). The van der Waals surface area contributed by atoms with E-state index < -0.39 is 0 Å². The third-order valence-corrected chi connectivity index (χ3v) is 7.39. The van der Waals surface area contributed by atoms with Crippen molar-refractivity contribution < 1.29 is 9.53 Å². The maximum atomic E-state index is 12.3. The van der Waals surface area contributed by atoms with Gasteiger partial charge >= 0.3 is 0 Å². The van der Waals surface area contributed by atoms with Crippen LogP contribution < -0.4 is 10.2 Å². The van der Waals surface area contributed by atoms with Crippen molar-refractivity contribution in [2.24, 2.45) is 5.92 Å². The predicted molar refractivity (Wildman–Crippen MR) is 113 cm³/mol. The predicted octanol–water partition coefficient (Wildman–Crippen LogP) is 3.92. The van der Waals surface area contributed by atoms with Gasteiger partial charge in [0.2, 0.25) is 5.91 Å². The van der Waals surface area contributed by atoms with Crippen LogP contribution in [0.1, 0.15) is 32.1 Å². The Hall–Kier alpha value is -1.31. The van der Waals surface area contributed by atoms with Gasteiger partial charge in [0, 0.05) is 43.7 Å². The average molecular weight is 406 g/mol. The molecule has 1 aromatic heterocycles. The van der Waals surface area contributed by atoms with E-state index in [-0.39, 0.29) is 5.91 Å². The Morgan fingerprint density at radius 3 is 2.81 bits per heavy atom. The van der Waals surface area contributed by atoms with Crippen LogP contribution >= 0.6 is 23.1 Å². The van der Waals surface area contributed by atoms with Gasteiger partial charge in [-0.25, -0.2) is 4.98 Å². The third-order valence-electron chi connectivity index (χ3n) is 5.54. The molecule has 0 aliphatic carbocycles. The van der Waals surface area contributed by atoms with E-state index in [0.717, 1.165) is 62.6 Å². The largest absolute Gasteiger partial charge is 0.381 e. The topological polar surface area (TPSA) is 54.5 Å². The van der Waals surface area contributed by atoms with Crippen molar-refractivity contribution in [2.75, 3.05) is 37.5 Å². The summed E-state index contributed by atoms with van der Waals surface area (Å²) in [6.07, 6.45) is 6.77. The number of nitrogens with one attached hydrogen (secondary N) is 1. The molecule has 1 aromatic carbocycles. The van der Waals surface area contributed by atoms with E-state index in [9.17, 15) is 4.79 Å². The molecule has 2 aliphatic rings. The van der Waals surface area contributed by atoms with Gasteiger partial charge in [-0.15, -0.1) is 11.8 Å². The Bertz CT molecular complexity index is 781. The highest BCUT2D eigenvalue weighted by atomic mass is 32.2. The monoisotopic (exact) mass is 405 g/mol. The summed E-state index contributed by atoms with van der Waals surface area (Å²) < 4.78 is 6.62. The van der Waals surface area contributed by atoms with E-state index in [0.29, 0.717) is 18.4 Å². The first kappa shape index (κ1) is 19.0. The van der Waals surface area contributed by atoms with Gasteiger partial charge in [-0.2, -0.15) is 0 Å². The van der Waals surface area contributed by atoms with Crippen LogP contribution in [0, 0.1) is 5.92 Å². The van der Waals surface area contributed by atoms with Crippen molar-refractivity contribution in [3.8, 4) is 0 Å². The smallest absolute Gasteiger partial charge is 0.220 e. The Balaban J connectivity index is 1.30. The maximum Gasteiger partial charge on any atom is 0.220 e. The fraction of sp³-hybridized carbons (Fsp3) is 0.600. The summed E-state index contributed by atoms with van der Waals surface area (Å²) in [4.78, 5) is 20.9. The number of carbonyl (C=O) groups excluding carboxylic acids is 1. The number of anilines is 1. The van der Waals surface area contributed by atoms with Gasteiger partial charge in [0.1, 0.15) is 0 Å². The number of fused-ring (bicyclic) bond motifs is 1. The Morgan fingerprint density at radius 1 is 1.30 bits per heavy atom. The number of hydrogen-bond donors (Lipinski definition) is 1. The Morgan fingerprint density at radius 2 is 2.07 bits per heavy atom. The van der Waals surface area contributed by atoms with E-state index in [1.54, 1.807) is 23.1 Å². The first-order valence-corrected chi connectivity index (χ1v) is 11.8. The molecule has 0 unspecified atom stereocenters. The summed E-state index contributed by atoms with van der Waals surface area (Å²) >= 11 is 3.54. The molecule has 146 valence electrons. The van der Waals surface area contributed by atoms with Gasteiger partial charge in [-0.3, -0.25) is 4.79 Å².